The number of rotatable bonds is 4. The Bertz CT molecular complexity index is 667. The van der Waals surface area contributed by atoms with Gasteiger partial charge in [0, 0.05) is 12.2 Å². The zero-order chi connectivity index (χ0) is 17.2. The summed E-state index contributed by atoms with van der Waals surface area (Å²) in [4.78, 5) is 30.0. The summed E-state index contributed by atoms with van der Waals surface area (Å²) in [6, 6.07) is 6.23. The maximum atomic E-state index is 11.5. The van der Waals surface area contributed by atoms with Gasteiger partial charge in [0.2, 0.25) is 11.9 Å². The zero-order valence-corrected chi connectivity index (χ0v) is 12.4. The number of carbonyl (C=O) groups excluding carboxylic acids is 2. The van der Waals surface area contributed by atoms with Gasteiger partial charge in [0.15, 0.2) is 0 Å². The predicted octanol–water partition coefficient (Wildman–Crippen LogP) is -0.111. The first-order valence-electron chi connectivity index (χ1n) is 6.54. The summed E-state index contributed by atoms with van der Waals surface area (Å²) in [5, 5.41) is 11.7. The molecular formula is C14H17N5O4. The Balaban J connectivity index is 2.68. The minimum absolute atomic E-state index is 0.0781. The third kappa shape index (κ3) is 6.76. The molecular weight excluding hydrogens is 302 g/mol. The van der Waals surface area contributed by atoms with E-state index in [9.17, 15) is 14.7 Å². The fourth-order valence-corrected chi connectivity index (χ4v) is 1.36. The summed E-state index contributed by atoms with van der Waals surface area (Å²) in [5.74, 6) is -2.00. The molecule has 0 bridgehead atoms. The Morgan fingerprint density at radius 2 is 2.00 bits per heavy atom. The molecule has 0 radical (unpaired) electrons. The first-order chi connectivity index (χ1) is 10.9. The van der Waals surface area contributed by atoms with Gasteiger partial charge in [-0.3, -0.25) is 10.1 Å². The number of nitrogens with two attached hydrogens (primary N) is 2. The molecule has 122 valence electrons. The van der Waals surface area contributed by atoms with E-state index in [4.69, 9.17) is 11.5 Å². The molecule has 0 aliphatic carbocycles. The van der Waals surface area contributed by atoms with Crippen LogP contribution in [0.5, 0.6) is 5.75 Å². The quantitative estimate of drug-likeness (QED) is 0.263. The molecule has 0 spiro atoms. The van der Waals surface area contributed by atoms with Gasteiger partial charge in [-0.2, -0.15) is 4.99 Å². The molecule has 0 unspecified atom stereocenters. The van der Waals surface area contributed by atoms with Crippen LogP contribution in [-0.2, 0) is 14.3 Å². The summed E-state index contributed by atoms with van der Waals surface area (Å²) in [6.07, 6.45) is 1.89. The number of esters is 1. The molecule has 9 heteroatoms. The second-order valence-corrected chi connectivity index (χ2v) is 4.03. The molecule has 0 saturated heterocycles. The average Bonchev–Trinajstić information content (AvgIpc) is 2.47. The second kappa shape index (κ2) is 8.82. The second-order valence-electron chi connectivity index (χ2n) is 4.03. The number of phenols is 1. The van der Waals surface area contributed by atoms with E-state index < -0.39 is 11.9 Å². The van der Waals surface area contributed by atoms with Gasteiger partial charge in [0.25, 0.3) is 5.91 Å². The molecule has 0 aromatic heterocycles. The van der Waals surface area contributed by atoms with Crippen LogP contribution in [0.2, 0.25) is 0 Å². The topological polar surface area (TPSA) is 152 Å². The maximum Gasteiger partial charge on any atom is 0.330 e. The third-order valence-corrected chi connectivity index (χ3v) is 2.26. The number of nitrogens with one attached hydrogen (secondary N) is 1. The minimum Gasteiger partial charge on any atom is -0.506 e. The molecule has 0 aliphatic rings. The van der Waals surface area contributed by atoms with Crippen molar-refractivity contribution in [3.8, 4) is 5.75 Å². The van der Waals surface area contributed by atoms with E-state index in [0.29, 0.717) is 0 Å². The van der Waals surface area contributed by atoms with E-state index in [1.165, 1.54) is 12.1 Å². The number of phenolic OH excluding ortho intramolecular Hbond substituents is 1. The lowest BCUT2D eigenvalue weighted by atomic mass is 10.3. The van der Waals surface area contributed by atoms with Crippen molar-refractivity contribution in [2.45, 2.75) is 6.92 Å². The highest BCUT2D eigenvalue weighted by Crippen LogP contribution is 2.24. The molecule has 0 heterocycles. The normalized spacial score (nSPS) is 12.2. The molecule has 1 amide bonds. The van der Waals surface area contributed by atoms with Crippen LogP contribution in [0.25, 0.3) is 0 Å². The SMILES string of the molecule is CCOC(=O)/C=C/C(=O)N/C(N)=N/C(N)=Nc1ccccc1O. The highest BCUT2D eigenvalue weighted by atomic mass is 16.5. The van der Waals surface area contributed by atoms with Crippen LogP contribution in [0.4, 0.5) is 5.69 Å². The highest BCUT2D eigenvalue weighted by molar-refractivity contribution is 6.06. The number of aromatic hydroxyl groups is 1. The predicted molar refractivity (Wildman–Crippen MR) is 84.9 cm³/mol. The molecule has 1 rings (SSSR count). The number of hydrogen-bond acceptors (Lipinski definition) is 5. The lowest BCUT2D eigenvalue weighted by Crippen LogP contribution is -2.37. The van der Waals surface area contributed by atoms with Crippen molar-refractivity contribution in [2.24, 2.45) is 21.5 Å². The van der Waals surface area contributed by atoms with Gasteiger partial charge < -0.3 is 21.3 Å². The van der Waals surface area contributed by atoms with Gasteiger partial charge in [-0.05, 0) is 19.1 Å². The van der Waals surface area contributed by atoms with Gasteiger partial charge in [-0.1, -0.05) is 12.1 Å². The standard InChI is InChI=1S/C14H17N5O4/c1-2-23-12(22)8-7-11(21)18-14(16)19-13(15)17-9-5-3-4-6-10(9)20/h3-8,20H,2H2,1H3,(H5,15,16,17,18,19,21)/b8-7+. The van der Waals surface area contributed by atoms with Crippen molar-refractivity contribution in [3.63, 3.8) is 0 Å². The third-order valence-electron chi connectivity index (χ3n) is 2.26. The van der Waals surface area contributed by atoms with Gasteiger partial charge in [-0.25, -0.2) is 9.79 Å². The first-order valence-corrected chi connectivity index (χ1v) is 6.54. The number of guanidine groups is 2. The lowest BCUT2D eigenvalue weighted by molar-refractivity contribution is -0.137. The largest absolute Gasteiger partial charge is 0.506 e. The summed E-state index contributed by atoms with van der Waals surface area (Å²) in [7, 11) is 0. The molecule has 0 aliphatic heterocycles. The van der Waals surface area contributed by atoms with Crippen molar-refractivity contribution in [1.82, 2.24) is 5.32 Å². The number of hydrogen-bond donors (Lipinski definition) is 4. The fourth-order valence-electron chi connectivity index (χ4n) is 1.36. The van der Waals surface area contributed by atoms with Crippen LogP contribution >= 0.6 is 0 Å². The molecule has 0 saturated carbocycles. The molecule has 0 atom stereocenters. The van der Waals surface area contributed by atoms with Crippen LogP contribution in [0.15, 0.2) is 46.4 Å². The van der Waals surface area contributed by atoms with Gasteiger partial charge in [0.05, 0.1) is 6.61 Å². The number of benzene rings is 1. The maximum absolute atomic E-state index is 11.5. The molecule has 6 N–H and O–H groups in total. The van der Waals surface area contributed by atoms with Gasteiger partial charge in [-0.15, -0.1) is 0 Å². The fraction of sp³-hybridized carbons (Fsp3) is 0.143. The van der Waals surface area contributed by atoms with Crippen molar-refractivity contribution in [1.29, 1.82) is 0 Å². The van der Waals surface area contributed by atoms with Crippen molar-refractivity contribution in [2.75, 3.05) is 6.61 Å². The molecule has 23 heavy (non-hydrogen) atoms. The summed E-state index contributed by atoms with van der Waals surface area (Å²) < 4.78 is 4.61. The van der Waals surface area contributed by atoms with Crippen LogP contribution < -0.4 is 16.8 Å². The molecule has 9 nitrogen and oxygen atoms in total. The number of amides is 1. The number of ether oxygens (including phenoxy) is 1. The van der Waals surface area contributed by atoms with Crippen LogP contribution in [0.1, 0.15) is 6.92 Å². The van der Waals surface area contributed by atoms with E-state index in [1.54, 1.807) is 19.1 Å². The average molecular weight is 319 g/mol. The highest BCUT2D eigenvalue weighted by Gasteiger charge is 2.03. The summed E-state index contributed by atoms with van der Waals surface area (Å²) in [6.45, 7) is 1.84. The van der Waals surface area contributed by atoms with Crippen LogP contribution in [0.3, 0.4) is 0 Å². The number of para-hydroxylation sites is 2. The monoisotopic (exact) mass is 319 g/mol. The van der Waals surface area contributed by atoms with Crippen LogP contribution in [0, 0.1) is 0 Å². The van der Waals surface area contributed by atoms with Crippen molar-refractivity contribution >= 4 is 29.5 Å². The Morgan fingerprint density at radius 1 is 1.30 bits per heavy atom. The van der Waals surface area contributed by atoms with Gasteiger partial charge in [0.1, 0.15) is 11.4 Å². The van der Waals surface area contributed by atoms with Gasteiger partial charge >= 0.3 is 5.97 Å². The summed E-state index contributed by atoms with van der Waals surface area (Å²) in [5.41, 5.74) is 11.2. The Kier molecular flexibility index (Phi) is 6.79. The van der Waals surface area contributed by atoms with Crippen molar-refractivity contribution < 1.29 is 19.4 Å². The smallest absolute Gasteiger partial charge is 0.330 e. The van der Waals surface area contributed by atoms with Crippen molar-refractivity contribution in [3.05, 3.63) is 36.4 Å². The molecule has 1 aromatic rings. The van der Waals surface area contributed by atoms with Crippen LogP contribution in [-0.4, -0.2) is 35.5 Å². The number of nitrogens with zero attached hydrogens (tertiary/aromatic N) is 2. The zero-order valence-electron chi connectivity index (χ0n) is 12.4. The van der Waals surface area contributed by atoms with E-state index in [1.807, 2.05) is 0 Å². The van der Waals surface area contributed by atoms with E-state index >= 15 is 0 Å². The molecule has 1 aromatic carbocycles. The summed E-state index contributed by atoms with van der Waals surface area (Å²) >= 11 is 0. The number of carbonyl (C=O) groups is 2. The molecule has 0 fully saturated rings. The lowest BCUT2D eigenvalue weighted by Gasteiger charge is -2.02. The Morgan fingerprint density at radius 3 is 2.65 bits per heavy atom. The first kappa shape index (κ1) is 17.7. The van der Waals surface area contributed by atoms with E-state index in [2.05, 4.69) is 20.0 Å². The minimum atomic E-state index is -0.685. The van der Waals surface area contributed by atoms with E-state index in [0.717, 1.165) is 12.2 Å². The Labute approximate surface area is 132 Å². The number of aliphatic imine (C=N–C) groups is 2. The van der Waals surface area contributed by atoms with E-state index in [-0.39, 0.29) is 30.0 Å². The Hall–Kier alpha value is -3.36.